The number of hydrogen-bond donors (Lipinski definition) is 2. The van der Waals surface area contributed by atoms with Crippen LogP contribution in [0.2, 0.25) is 0 Å². The molecular formula is C20H25F2N5O. The number of alkyl halides is 2. The minimum atomic E-state index is -2.76. The van der Waals surface area contributed by atoms with Gasteiger partial charge in [0.1, 0.15) is 17.8 Å². The van der Waals surface area contributed by atoms with Crippen LogP contribution in [-0.2, 0) is 4.79 Å². The highest BCUT2D eigenvalue weighted by molar-refractivity contribution is 5.92. The van der Waals surface area contributed by atoms with E-state index in [0.29, 0.717) is 29.0 Å². The lowest BCUT2D eigenvalue weighted by Crippen LogP contribution is -2.49. The molecule has 4 rings (SSSR count). The third-order valence-electron chi connectivity index (χ3n) is 6.35. The first-order valence-corrected chi connectivity index (χ1v) is 9.57. The molecule has 1 saturated heterocycles. The van der Waals surface area contributed by atoms with Gasteiger partial charge in [0.05, 0.1) is 11.3 Å². The molecule has 150 valence electrons. The molecule has 1 aliphatic carbocycles. The third-order valence-corrected chi connectivity index (χ3v) is 6.35. The average Bonchev–Trinajstić information content (AvgIpc) is 2.95. The van der Waals surface area contributed by atoms with Gasteiger partial charge < -0.3 is 15.2 Å². The molecule has 1 aliphatic heterocycles. The predicted octanol–water partition coefficient (Wildman–Crippen LogP) is 3.69. The molecule has 0 unspecified atom stereocenters. The van der Waals surface area contributed by atoms with Crippen molar-refractivity contribution in [2.24, 2.45) is 5.41 Å². The lowest BCUT2D eigenvalue weighted by atomic mass is 9.98. The van der Waals surface area contributed by atoms with E-state index in [1.807, 2.05) is 6.92 Å². The summed E-state index contributed by atoms with van der Waals surface area (Å²) in [6, 6.07) is 0.122. The van der Waals surface area contributed by atoms with E-state index in [1.165, 1.54) is 12.4 Å². The second-order valence-electron chi connectivity index (χ2n) is 8.43. The maximum atomic E-state index is 14.3. The molecule has 2 aromatic rings. The SMILES string of the molecule is C=CC(=O)N1C[C@H](Nc2ncnc3[nH]cc([C@H]4C(C)(C)C4(F)F)c23)CC[C@@H]1C. The van der Waals surface area contributed by atoms with Crippen LogP contribution in [0.4, 0.5) is 14.6 Å². The van der Waals surface area contributed by atoms with Gasteiger partial charge in [0.2, 0.25) is 5.91 Å². The van der Waals surface area contributed by atoms with Gasteiger partial charge in [0.15, 0.2) is 0 Å². The number of aromatic amines is 1. The largest absolute Gasteiger partial charge is 0.365 e. The van der Waals surface area contributed by atoms with Crippen molar-refractivity contribution in [2.75, 3.05) is 11.9 Å². The molecular weight excluding hydrogens is 364 g/mol. The summed E-state index contributed by atoms with van der Waals surface area (Å²) in [5, 5.41) is 3.98. The van der Waals surface area contributed by atoms with Gasteiger partial charge >= 0.3 is 0 Å². The smallest absolute Gasteiger partial charge is 0.261 e. The number of rotatable bonds is 4. The Bertz CT molecular complexity index is 924. The number of piperidine rings is 1. The highest BCUT2D eigenvalue weighted by Crippen LogP contribution is 2.71. The molecule has 3 atom stereocenters. The number of likely N-dealkylation sites (tertiary alicyclic amines) is 1. The van der Waals surface area contributed by atoms with Crippen molar-refractivity contribution in [3.63, 3.8) is 0 Å². The van der Waals surface area contributed by atoms with Crippen LogP contribution in [-0.4, -0.2) is 50.3 Å². The molecule has 0 aromatic carbocycles. The number of hydrogen-bond acceptors (Lipinski definition) is 4. The number of anilines is 1. The first kappa shape index (κ1) is 18.8. The lowest BCUT2D eigenvalue weighted by Gasteiger charge is -2.38. The molecule has 1 amide bonds. The Balaban J connectivity index is 1.64. The molecule has 6 nitrogen and oxygen atoms in total. The number of nitrogens with zero attached hydrogens (tertiary/aromatic N) is 3. The number of carbonyl (C=O) groups is 1. The molecule has 2 fully saturated rings. The van der Waals surface area contributed by atoms with Crippen LogP contribution in [0.5, 0.6) is 0 Å². The van der Waals surface area contributed by atoms with Crippen LogP contribution in [0.25, 0.3) is 11.0 Å². The van der Waals surface area contributed by atoms with Crippen LogP contribution in [0.15, 0.2) is 25.2 Å². The molecule has 0 bridgehead atoms. The molecule has 2 aliphatic rings. The van der Waals surface area contributed by atoms with Crippen LogP contribution >= 0.6 is 0 Å². The van der Waals surface area contributed by atoms with Crippen molar-refractivity contribution in [3.8, 4) is 0 Å². The summed E-state index contributed by atoms with van der Waals surface area (Å²) < 4.78 is 28.7. The fourth-order valence-corrected chi connectivity index (χ4v) is 4.41. The number of aromatic nitrogens is 3. The van der Waals surface area contributed by atoms with E-state index in [-0.39, 0.29) is 18.0 Å². The maximum Gasteiger partial charge on any atom is 0.261 e. The Labute approximate surface area is 162 Å². The van der Waals surface area contributed by atoms with Crippen LogP contribution in [0.1, 0.15) is 45.1 Å². The zero-order valence-electron chi connectivity index (χ0n) is 16.3. The second-order valence-corrected chi connectivity index (χ2v) is 8.43. The van der Waals surface area contributed by atoms with Gasteiger partial charge in [-0.2, -0.15) is 0 Å². The molecule has 28 heavy (non-hydrogen) atoms. The third kappa shape index (κ3) is 2.69. The van der Waals surface area contributed by atoms with Crippen molar-refractivity contribution >= 4 is 22.8 Å². The number of fused-ring (bicyclic) bond motifs is 1. The second kappa shape index (κ2) is 6.25. The monoisotopic (exact) mass is 389 g/mol. The maximum absolute atomic E-state index is 14.3. The van der Waals surface area contributed by atoms with E-state index in [9.17, 15) is 13.6 Å². The van der Waals surface area contributed by atoms with E-state index in [4.69, 9.17) is 0 Å². The molecule has 8 heteroatoms. The molecule has 3 heterocycles. The first-order valence-electron chi connectivity index (χ1n) is 9.57. The summed E-state index contributed by atoms with van der Waals surface area (Å²) in [5.41, 5.74) is -0.0200. The zero-order valence-corrected chi connectivity index (χ0v) is 16.3. The number of amides is 1. The summed E-state index contributed by atoms with van der Waals surface area (Å²) in [4.78, 5) is 25.4. The van der Waals surface area contributed by atoms with Crippen molar-refractivity contribution in [1.29, 1.82) is 0 Å². The average molecular weight is 389 g/mol. The highest BCUT2D eigenvalue weighted by Gasteiger charge is 2.75. The summed E-state index contributed by atoms with van der Waals surface area (Å²) >= 11 is 0. The van der Waals surface area contributed by atoms with Crippen LogP contribution in [0.3, 0.4) is 0 Å². The van der Waals surface area contributed by atoms with Crippen molar-refractivity contribution in [3.05, 3.63) is 30.7 Å². The lowest BCUT2D eigenvalue weighted by molar-refractivity contribution is -0.129. The first-order chi connectivity index (χ1) is 13.2. The fraction of sp³-hybridized carbons (Fsp3) is 0.550. The molecule has 1 saturated carbocycles. The van der Waals surface area contributed by atoms with Gasteiger partial charge in [-0.25, -0.2) is 18.7 Å². The van der Waals surface area contributed by atoms with Gasteiger partial charge in [-0.1, -0.05) is 20.4 Å². The zero-order chi connectivity index (χ0) is 20.3. The van der Waals surface area contributed by atoms with Gasteiger partial charge in [-0.3, -0.25) is 4.79 Å². The minimum Gasteiger partial charge on any atom is -0.365 e. The van der Waals surface area contributed by atoms with E-state index < -0.39 is 17.3 Å². The normalized spacial score (nSPS) is 28.2. The van der Waals surface area contributed by atoms with Crippen molar-refractivity contribution < 1.29 is 13.6 Å². The minimum absolute atomic E-state index is 0.0197. The fourth-order valence-electron chi connectivity index (χ4n) is 4.41. The van der Waals surface area contributed by atoms with E-state index in [2.05, 4.69) is 26.8 Å². The van der Waals surface area contributed by atoms with Crippen molar-refractivity contribution in [2.45, 2.75) is 57.5 Å². The number of H-pyrrole nitrogens is 1. The summed E-state index contributed by atoms with van der Waals surface area (Å²) in [6.07, 6.45) is 6.06. The Kier molecular flexibility index (Phi) is 4.21. The topological polar surface area (TPSA) is 73.9 Å². The summed E-state index contributed by atoms with van der Waals surface area (Å²) in [7, 11) is 0. The van der Waals surface area contributed by atoms with E-state index in [0.717, 1.165) is 12.8 Å². The number of halogens is 2. The summed E-state index contributed by atoms with van der Waals surface area (Å²) in [6.45, 7) is 9.26. The van der Waals surface area contributed by atoms with E-state index >= 15 is 0 Å². The standard InChI is InChI=1S/C20H25F2N5O/c1-5-14(28)27-9-12(7-6-11(27)2)26-18-15-13(8-23-17(15)24-10-25-18)16-19(3,4)20(16,21)22/h5,8,10-12,16H,1,6-7,9H2,2-4H3,(H2,23,24,25,26)/t11-,12+,16-/m0/s1. The Morgan fingerprint density at radius 2 is 2.11 bits per heavy atom. The molecule has 2 aromatic heterocycles. The van der Waals surface area contributed by atoms with Crippen LogP contribution in [0, 0.1) is 5.41 Å². The van der Waals surface area contributed by atoms with Crippen LogP contribution < -0.4 is 5.32 Å². The van der Waals surface area contributed by atoms with E-state index in [1.54, 1.807) is 24.9 Å². The molecule has 2 N–H and O–H groups in total. The van der Waals surface area contributed by atoms with Gasteiger partial charge in [0, 0.05) is 30.2 Å². The molecule has 0 radical (unpaired) electrons. The van der Waals surface area contributed by atoms with Gasteiger partial charge in [-0.15, -0.1) is 0 Å². The number of nitrogens with one attached hydrogen (secondary N) is 2. The highest BCUT2D eigenvalue weighted by atomic mass is 19.3. The molecule has 0 spiro atoms. The quantitative estimate of drug-likeness (QED) is 0.782. The Morgan fingerprint density at radius 1 is 1.39 bits per heavy atom. The van der Waals surface area contributed by atoms with Crippen molar-refractivity contribution in [1.82, 2.24) is 19.9 Å². The Hall–Kier alpha value is -2.51. The summed E-state index contributed by atoms with van der Waals surface area (Å²) in [5.74, 6) is -3.20. The Morgan fingerprint density at radius 3 is 2.75 bits per heavy atom. The van der Waals surface area contributed by atoms with Gasteiger partial charge in [-0.05, 0) is 31.4 Å². The predicted molar refractivity (Wildman–Crippen MR) is 103 cm³/mol. The number of carbonyl (C=O) groups excluding carboxylic acids is 1. The van der Waals surface area contributed by atoms with Gasteiger partial charge in [0.25, 0.3) is 5.92 Å².